The van der Waals surface area contributed by atoms with Gasteiger partial charge in [-0.05, 0) is 49.2 Å². The van der Waals surface area contributed by atoms with E-state index >= 15 is 0 Å². The van der Waals surface area contributed by atoms with E-state index < -0.39 is 0 Å². The van der Waals surface area contributed by atoms with Crippen LogP contribution in [-0.4, -0.2) is 60.9 Å². The van der Waals surface area contributed by atoms with Crippen molar-refractivity contribution in [1.82, 2.24) is 9.80 Å². The van der Waals surface area contributed by atoms with Gasteiger partial charge in [0, 0.05) is 36.9 Å². The smallest absolute Gasteiger partial charge is 0.238 e. The zero-order chi connectivity index (χ0) is 21.7. The van der Waals surface area contributed by atoms with Gasteiger partial charge in [0.2, 0.25) is 11.8 Å². The summed E-state index contributed by atoms with van der Waals surface area (Å²) in [5, 5.41) is 6.77. The summed E-state index contributed by atoms with van der Waals surface area (Å²) in [6, 6.07) is 10.9. The highest BCUT2D eigenvalue weighted by Crippen LogP contribution is 2.25. The summed E-state index contributed by atoms with van der Waals surface area (Å²) in [6.45, 7) is 7.53. The van der Waals surface area contributed by atoms with Crippen molar-refractivity contribution in [1.29, 1.82) is 0 Å². The van der Waals surface area contributed by atoms with Crippen LogP contribution in [0.15, 0.2) is 36.4 Å². The first-order valence-electron chi connectivity index (χ1n) is 9.87. The molecule has 160 valence electrons. The Morgan fingerprint density at radius 2 is 1.43 bits per heavy atom. The molecule has 2 aromatic carbocycles. The number of anilines is 2. The topological polar surface area (TPSA) is 64.7 Å². The van der Waals surface area contributed by atoms with E-state index in [4.69, 9.17) is 23.2 Å². The van der Waals surface area contributed by atoms with Crippen LogP contribution < -0.4 is 10.6 Å². The largest absolute Gasteiger partial charge is 0.325 e. The molecule has 1 saturated heterocycles. The van der Waals surface area contributed by atoms with Gasteiger partial charge < -0.3 is 10.6 Å². The molecule has 30 heavy (non-hydrogen) atoms. The Morgan fingerprint density at radius 1 is 0.867 bits per heavy atom. The Hall–Kier alpha value is -2.12. The Labute approximate surface area is 187 Å². The first-order valence-corrected chi connectivity index (χ1v) is 10.6. The molecule has 0 bridgehead atoms. The minimum atomic E-state index is -0.139. The van der Waals surface area contributed by atoms with Gasteiger partial charge >= 0.3 is 0 Å². The molecular weight excluding hydrogens is 423 g/mol. The summed E-state index contributed by atoms with van der Waals surface area (Å²) in [5.41, 5.74) is 3.60. The van der Waals surface area contributed by atoms with E-state index in [0.29, 0.717) is 35.4 Å². The number of halogens is 2. The van der Waals surface area contributed by atoms with E-state index in [-0.39, 0.29) is 18.4 Å². The van der Waals surface area contributed by atoms with Crippen LogP contribution in [0.4, 0.5) is 11.4 Å². The van der Waals surface area contributed by atoms with Crippen molar-refractivity contribution < 1.29 is 9.59 Å². The third-order valence-corrected chi connectivity index (χ3v) is 5.85. The van der Waals surface area contributed by atoms with Gasteiger partial charge in [-0.1, -0.05) is 35.3 Å². The van der Waals surface area contributed by atoms with E-state index in [9.17, 15) is 9.59 Å². The lowest BCUT2D eigenvalue weighted by Crippen LogP contribution is -2.50. The van der Waals surface area contributed by atoms with Crippen LogP contribution in [0, 0.1) is 13.8 Å². The maximum atomic E-state index is 12.4. The molecule has 0 saturated carbocycles. The van der Waals surface area contributed by atoms with Crippen molar-refractivity contribution >= 4 is 46.4 Å². The number of benzene rings is 2. The Bertz CT molecular complexity index is 901. The second kappa shape index (κ2) is 10.3. The summed E-state index contributed by atoms with van der Waals surface area (Å²) in [4.78, 5) is 28.9. The number of nitrogens with one attached hydrogen (secondary N) is 2. The molecule has 0 radical (unpaired) electrons. The Kier molecular flexibility index (Phi) is 7.72. The maximum Gasteiger partial charge on any atom is 0.238 e. The molecule has 2 aromatic rings. The predicted octanol–water partition coefficient (Wildman–Crippen LogP) is 3.81. The van der Waals surface area contributed by atoms with Crippen LogP contribution in [0.2, 0.25) is 10.0 Å². The summed E-state index contributed by atoms with van der Waals surface area (Å²) in [6.07, 6.45) is 0. The number of carbonyl (C=O) groups is 2. The Morgan fingerprint density at radius 3 is 2.03 bits per heavy atom. The number of aryl methyl sites for hydroxylation is 1. The van der Waals surface area contributed by atoms with Gasteiger partial charge in [-0.2, -0.15) is 0 Å². The van der Waals surface area contributed by atoms with Crippen LogP contribution in [-0.2, 0) is 9.59 Å². The number of hydrogen-bond donors (Lipinski definition) is 2. The number of piperazine rings is 1. The molecule has 0 aliphatic carbocycles. The van der Waals surface area contributed by atoms with Gasteiger partial charge in [-0.25, -0.2) is 0 Å². The van der Waals surface area contributed by atoms with E-state index in [1.165, 1.54) is 0 Å². The highest BCUT2D eigenvalue weighted by atomic mass is 35.5. The molecule has 0 aromatic heterocycles. The minimum Gasteiger partial charge on any atom is -0.325 e. The quantitative estimate of drug-likeness (QED) is 0.704. The number of hydrogen-bond acceptors (Lipinski definition) is 4. The molecule has 6 nitrogen and oxygen atoms in total. The first kappa shape index (κ1) is 22.6. The third-order valence-electron chi connectivity index (χ3n) is 5.28. The molecule has 0 spiro atoms. The van der Waals surface area contributed by atoms with Gasteiger partial charge in [0.1, 0.15) is 0 Å². The number of amides is 2. The van der Waals surface area contributed by atoms with Crippen LogP contribution in [0.3, 0.4) is 0 Å². The SMILES string of the molecule is Cc1cccc(NC(=O)CN2CCN(CC(=O)Nc3cc(Cl)ccc3Cl)CC2)c1C. The lowest BCUT2D eigenvalue weighted by molar-refractivity contribution is -0.120. The molecular formula is C22H26Cl2N4O2. The fourth-order valence-corrected chi connectivity index (χ4v) is 3.71. The molecule has 1 aliphatic heterocycles. The van der Waals surface area contributed by atoms with Crippen molar-refractivity contribution in [2.24, 2.45) is 0 Å². The second-order valence-electron chi connectivity index (χ2n) is 7.52. The van der Waals surface area contributed by atoms with Crippen LogP contribution >= 0.6 is 23.2 Å². The van der Waals surface area contributed by atoms with E-state index in [0.717, 1.165) is 29.9 Å². The number of nitrogens with zero attached hydrogens (tertiary/aromatic N) is 2. The molecule has 0 unspecified atom stereocenters. The lowest BCUT2D eigenvalue weighted by Gasteiger charge is -2.33. The van der Waals surface area contributed by atoms with Gasteiger partial charge in [-0.3, -0.25) is 19.4 Å². The monoisotopic (exact) mass is 448 g/mol. The third kappa shape index (κ3) is 6.19. The van der Waals surface area contributed by atoms with Crippen LogP contribution in [0.5, 0.6) is 0 Å². The molecule has 2 amide bonds. The maximum absolute atomic E-state index is 12.4. The summed E-state index contributed by atoms with van der Waals surface area (Å²) >= 11 is 12.1. The first-order chi connectivity index (χ1) is 14.3. The van der Waals surface area contributed by atoms with Gasteiger partial charge in [-0.15, -0.1) is 0 Å². The number of carbonyl (C=O) groups excluding carboxylic acids is 2. The van der Waals surface area contributed by atoms with E-state index in [2.05, 4.69) is 20.4 Å². The summed E-state index contributed by atoms with van der Waals surface area (Å²) in [7, 11) is 0. The summed E-state index contributed by atoms with van der Waals surface area (Å²) < 4.78 is 0. The molecule has 1 heterocycles. The van der Waals surface area contributed by atoms with Crippen LogP contribution in [0.25, 0.3) is 0 Å². The van der Waals surface area contributed by atoms with Crippen molar-refractivity contribution in [3.63, 3.8) is 0 Å². The fourth-order valence-electron chi connectivity index (χ4n) is 3.37. The molecule has 2 N–H and O–H groups in total. The highest BCUT2D eigenvalue weighted by molar-refractivity contribution is 6.35. The second-order valence-corrected chi connectivity index (χ2v) is 8.36. The fraction of sp³-hybridized carbons (Fsp3) is 0.364. The zero-order valence-corrected chi connectivity index (χ0v) is 18.7. The van der Waals surface area contributed by atoms with Crippen molar-refractivity contribution in [2.75, 3.05) is 49.9 Å². The molecule has 3 rings (SSSR count). The van der Waals surface area contributed by atoms with E-state index in [1.807, 2.05) is 32.0 Å². The minimum absolute atomic E-state index is 0.0227. The van der Waals surface area contributed by atoms with Gasteiger partial charge in [0.15, 0.2) is 0 Å². The van der Waals surface area contributed by atoms with Crippen molar-refractivity contribution in [2.45, 2.75) is 13.8 Å². The predicted molar refractivity (Wildman–Crippen MR) is 123 cm³/mol. The van der Waals surface area contributed by atoms with E-state index in [1.54, 1.807) is 18.2 Å². The zero-order valence-electron chi connectivity index (χ0n) is 17.2. The highest BCUT2D eigenvalue weighted by Gasteiger charge is 2.21. The average Bonchev–Trinajstić information content (AvgIpc) is 2.70. The average molecular weight is 449 g/mol. The van der Waals surface area contributed by atoms with Gasteiger partial charge in [0.05, 0.1) is 23.8 Å². The molecule has 0 atom stereocenters. The van der Waals surface area contributed by atoms with Gasteiger partial charge in [0.25, 0.3) is 0 Å². The standard InChI is InChI=1S/C22H26Cl2N4O2/c1-15-4-3-5-19(16(15)2)25-21(29)13-27-8-10-28(11-9-27)14-22(30)26-20-12-17(23)6-7-18(20)24/h3-7,12H,8-11,13-14H2,1-2H3,(H,25,29)(H,26,30). The molecule has 1 fully saturated rings. The molecule has 1 aliphatic rings. The molecule has 8 heteroatoms. The Balaban J connectivity index is 1.43. The van der Waals surface area contributed by atoms with Crippen LogP contribution in [0.1, 0.15) is 11.1 Å². The lowest BCUT2D eigenvalue weighted by atomic mass is 10.1. The number of rotatable bonds is 6. The normalized spacial score (nSPS) is 15.1. The van der Waals surface area contributed by atoms with Crippen molar-refractivity contribution in [3.8, 4) is 0 Å². The summed E-state index contributed by atoms with van der Waals surface area (Å²) in [5.74, 6) is -0.161. The van der Waals surface area contributed by atoms with Crippen molar-refractivity contribution in [3.05, 3.63) is 57.6 Å².